The number of carbonyl (C=O) groups is 2. The molecule has 0 aliphatic carbocycles. The Labute approximate surface area is 185 Å². The molecular weight excluding hydrogens is 408 g/mol. The molecule has 162 valence electrons. The molecule has 0 spiro atoms. The van der Waals surface area contributed by atoms with E-state index in [2.05, 4.69) is 4.98 Å². The van der Waals surface area contributed by atoms with Crippen LogP contribution in [-0.2, 0) is 11.3 Å². The van der Waals surface area contributed by atoms with Crippen molar-refractivity contribution in [2.24, 2.45) is 0 Å². The maximum absolute atomic E-state index is 13.3. The van der Waals surface area contributed by atoms with Gasteiger partial charge < -0.3 is 14.4 Å². The monoisotopic (exact) mass is 430 g/mol. The summed E-state index contributed by atoms with van der Waals surface area (Å²) in [6, 6.07) is 20.4. The van der Waals surface area contributed by atoms with Crippen LogP contribution in [0.3, 0.4) is 0 Å². The van der Waals surface area contributed by atoms with Crippen LogP contribution in [0.1, 0.15) is 5.56 Å². The first-order chi connectivity index (χ1) is 15.7. The van der Waals surface area contributed by atoms with E-state index in [1.807, 2.05) is 48.5 Å². The maximum Gasteiger partial charge on any atom is 0.325 e. The van der Waals surface area contributed by atoms with E-state index in [0.29, 0.717) is 37.0 Å². The van der Waals surface area contributed by atoms with E-state index in [1.165, 1.54) is 0 Å². The zero-order valence-electron chi connectivity index (χ0n) is 17.4. The van der Waals surface area contributed by atoms with Gasteiger partial charge in [0.25, 0.3) is 0 Å². The van der Waals surface area contributed by atoms with Crippen LogP contribution in [0.25, 0.3) is 0 Å². The number of hydrogen-bond donors (Lipinski definition) is 0. The summed E-state index contributed by atoms with van der Waals surface area (Å²) in [4.78, 5) is 35.5. The van der Waals surface area contributed by atoms with Gasteiger partial charge in [-0.1, -0.05) is 36.4 Å². The van der Waals surface area contributed by atoms with E-state index in [0.717, 1.165) is 11.3 Å². The van der Waals surface area contributed by atoms with E-state index in [9.17, 15) is 9.59 Å². The number of aromatic nitrogens is 1. The Balaban J connectivity index is 1.31. The van der Waals surface area contributed by atoms with Crippen LogP contribution in [-0.4, -0.2) is 48.2 Å². The number of pyridine rings is 1. The summed E-state index contributed by atoms with van der Waals surface area (Å²) < 4.78 is 10.8. The highest BCUT2D eigenvalue weighted by Crippen LogP contribution is 2.36. The fourth-order valence-electron chi connectivity index (χ4n) is 3.85. The lowest BCUT2D eigenvalue weighted by atomic mass is 10.2. The fraction of sp³-hybridized carbons (Fsp3) is 0.208. The molecule has 5 rings (SSSR count). The average molecular weight is 430 g/mol. The molecule has 8 nitrogen and oxygen atoms in total. The number of ether oxygens (including phenoxy) is 2. The first-order valence-electron chi connectivity index (χ1n) is 10.4. The predicted octanol–water partition coefficient (Wildman–Crippen LogP) is 3.29. The molecule has 2 aliphatic heterocycles. The number of rotatable bonds is 6. The number of anilines is 2. The van der Waals surface area contributed by atoms with Crippen molar-refractivity contribution in [1.82, 2.24) is 9.88 Å². The summed E-state index contributed by atoms with van der Waals surface area (Å²) >= 11 is 0. The minimum absolute atomic E-state index is 0.0245. The lowest BCUT2D eigenvalue weighted by Gasteiger charge is -2.25. The molecule has 2 aromatic carbocycles. The molecular formula is C24H22N4O4. The molecule has 1 saturated heterocycles. The van der Waals surface area contributed by atoms with E-state index in [4.69, 9.17) is 9.47 Å². The van der Waals surface area contributed by atoms with Gasteiger partial charge in [0.05, 0.1) is 6.54 Å². The SMILES string of the molecule is O=C1N(CC(=O)N(Cc2ccccc2)c2ccccn2)CCN1c1ccc2c(c1)OCO2. The molecule has 32 heavy (non-hydrogen) atoms. The molecule has 0 atom stereocenters. The lowest BCUT2D eigenvalue weighted by molar-refractivity contribution is -0.119. The number of hydrogen-bond acceptors (Lipinski definition) is 5. The smallest absolute Gasteiger partial charge is 0.325 e. The number of benzene rings is 2. The van der Waals surface area contributed by atoms with Crippen LogP contribution < -0.4 is 19.3 Å². The zero-order chi connectivity index (χ0) is 21.9. The highest BCUT2D eigenvalue weighted by molar-refractivity contribution is 6.00. The minimum atomic E-state index is -0.210. The second-order valence-electron chi connectivity index (χ2n) is 7.55. The summed E-state index contributed by atoms with van der Waals surface area (Å²) in [6.07, 6.45) is 1.66. The van der Waals surface area contributed by atoms with Gasteiger partial charge in [0.15, 0.2) is 11.5 Å². The normalized spacial score (nSPS) is 14.7. The predicted molar refractivity (Wildman–Crippen MR) is 119 cm³/mol. The van der Waals surface area contributed by atoms with Crippen molar-refractivity contribution in [2.45, 2.75) is 6.54 Å². The number of urea groups is 1. The second-order valence-corrected chi connectivity index (χ2v) is 7.55. The summed E-state index contributed by atoms with van der Waals surface area (Å²) in [6.45, 7) is 1.49. The highest BCUT2D eigenvalue weighted by atomic mass is 16.7. The third-order valence-electron chi connectivity index (χ3n) is 5.50. The lowest BCUT2D eigenvalue weighted by Crippen LogP contribution is -2.42. The van der Waals surface area contributed by atoms with Crippen LogP contribution in [0, 0.1) is 0 Å². The van der Waals surface area contributed by atoms with Gasteiger partial charge in [0, 0.05) is 31.0 Å². The Morgan fingerprint density at radius 3 is 2.59 bits per heavy atom. The number of fused-ring (bicyclic) bond motifs is 1. The Morgan fingerprint density at radius 2 is 1.78 bits per heavy atom. The molecule has 3 aromatic rings. The van der Waals surface area contributed by atoms with Crippen LogP contribution in [0.2, 0.25) is 0 Å². The van der Waals surface area contributed by atoms with Crippen molar-refractivity contribution in [1.29, 1.82) is 0 Å². The molecule has 1 aromatic heterocycles. The van der Waals surface area contributed by atoms with Crippen molar-refractivity contribution in [3.8, 4) is 11.5 Å². The van der Waals surface area contributed by atoms with E-state index in [1.54, 1.807) is 39.1 Å². The van der Waals surface area contributed by atoms with E-state index in [-0.39, 0.29) is 25.3 Å². The summed E-state index contributed by atoms with van der Waals surface area (Å²) in [7, 11) is 0. The van der Waals surface area contributed by atoms with E-state index < -0.39 is 0 Å². The Hall–Kier alpha value is -4.07. The Morgan fingerprint density at radius 1 is 0.969 bits per heavy atom. The summed E-state index contributed by atoms with van der Waals surface area (Å²) in [5.74, 6) is 1.66. The van der Waals surface area contributed by atoms with E-state index >= 15 is 0 Å². The third kappa shape index (κ3) is 3.94. The highest BCUT2D eigenvalue weighted by Gasteiger charge is 2.33. The van der Waals surface area contributed by atoms with Gasteiger partial charge in [-0.15, -0.1) is 0 Å². The zero-order valence-corrected chi connectivity index (χ0v) is 17.4. The molecule has 0 N–H and O–H groups in total. The number of amides is 3. The van der Waals surface area contributed by atoms with Gasteiger partial charge in [-0.2, -0.15) is 0 Å². The molecule has 0 bridgehead atoms. The van der Waals surface area contributed by atoms with Crippen molar-refractivity contribution in [3.63, 3.8) is 0 Å². The first kappa shape index (κ1) is 19.9. The first-order valence-corrected chi connectivity index (χ1v) is 10.4. The van der Waals surface area contributed by atoms with Gasteiger partial charge in [-0.05, 0) is 29.8 Å². The molecule has 3 amide bonds. The minimum Gasteiger partial charge on any atom is -0.454 e. The van der Waals surface area contributed by atoms with Crippen LogP contribution in [0.4, 0.5) is 16.3 Å². The molecule has 2 aliphatic rings. The summed E-state index contributed by atoms with van der Waals surface area (Å²) in [5, 5.41) is 0. The average Bonchev–Trinajstić information content (AvgIpc) is 3.45. The van der Waals surface area contributed by atoms with Crippen LogP contribution in [0.15, 0.2) is 72.9 Å². The van der Waals surface area contributed by atoms with Crippen LogP contribution in [0.5, 0.6) is 11.5 Å². The molecule has 0 saturated carbocycles. The van der Waals surface area contributed by atoms with Crippen molar-refractivity contribution >= 4 is 23.4 Å². The van der Waals surface area contributed by atoms with Crippen molar-refractivity contribution < 1.29 is 19.1 Å². The molecule has 0 radical (unpaired) electrons. The van der Waals surface area contributed by atoms with Gasteiger partial charge in [0.2, 0.25) is 12.7 Å². The van der Waals surface area contributed by atoms with Crippen molar-refractivity contribution in [3.05, 3.63) is 78.5 Å². The molecule has 0 unspecified atom stereocenters. The third-order valence-corrected chi connectivity index (χ3v) is 5.50. The standard InChI is InChI=1S/C24H22N4O4/c29-23(28(22-8-4-5-11-25-22)15-18-6-2-1-3-7-18)16-26-12-13-27(24(26)30)19-9-10-20-21(14-19)32-17-31-20/h1-11,14H,12-13,15-17H2. The second kappa shape index (κ2) is 8.58. The van der Waals surface area contributed by atoms with Crippen molar-refractivity contribution in [2.75, 3.05) is 36.2 Å². The summed E-state index contributed by atoms with van der Waals surface area (Å²) in [5.41, 5.74) is 1.71. The number of nitrogens with zero attached hydrogens (tertiary/aromatic N) is 4. The maximum atomic E-state index is 13.3. The van der Waals surface area contributed by atoms with Gasteiger partial charge in [-0.25, -0.2) is 9.78 Å². The number of carbonyl (C=O) groups excluding carboxylic acids is 2. The van der Waals surface area contributed by atoms with Crippen LogP contribution >= 0.6 is 0 Å². The molecule has 3 heterocycles. The fourth-order valence-corrected chi connectivity index (χ4v) is 3.85. The Kier molecular flexibility index (Phi) is 5.33. The topological polar surface area (TPSA) is 75.2 Å². The van der Waals surface area contributed by atoms with Gasteiger partial charge >= 0.3 is 6.03 Å². The largest absolute Gasteiger partial charge is 0.454 e. The van der Waals surface area contributed by atoms with Gasteiger partial charge in [0.1, 0.15) is 12.4 Å². The quantitative estimate of drug-likeness (QED) is 0.600. The Bertz CT molecular complexity index is 1120. The molecule has 1 fully saturated rings. The van der Waals surface area contributed by atoms with Gasteiger partial charge in [-0.3, -0.25) is 14.6 Å². The molecule has 8 heteroatoms.